The van der Waals surface area contributed by atoms with Crippen LogP contribution in [0.4, 0.5) is 24.5 Å². The molecule has 1 unspecified atom stereocenters. The Kier molecular flexibility index (Phi) is 5.19. The topological polar surface area (TPSA) is 95.9 Å². The lowest BCUT2D eigenvalue weighted by molar-refractivity contribution is -0.137. The maximum Gasteiger partial charge on any atom is 0.416 e. The summed E-state index contributed by atoms with van der Waals surface area (Å²) in [4.78, 5) is 37.7. The van der Waals surface area contributed by atoms with Gasteiger partial charge in [-0.1, -0.05) is 6.07 Å². The molecule has 29 heavy (non-hydrogen) atoms. The first kappa shape index (κ1) is 20.2. The van der Waals surface area contributed by atoms with Crippen molar-refractivity contribution in [1.29, 1.82) is 0 Å². The number of hydrogen-bond acceptors (Lipinski definition) is 5. The van der Waals surface area contributed by atoms with Crippen molar-refractivity contribution in [3.05, 3.63) is 53.6 Å². The highest BCUT2D eigenvalue weighted by molar-refractivity contribution is 6.11. The Morgan fingerprint density at radius 1 is 1.21 bits per heavy atom. The number of carbonyl (C=O) groups excluding carboxylic acids is 3. The van der Waals surface area contributed by atoms with Crippen LogP contribution in [0.3, 0.4) is 0 Å². The summed E-state index contributed by atoms with van der Waals surface area (Å²) in [5.41, 5.74) is -1.08. The fourth-order valence-corrected chi connectivity index (χ4v) is 2.79. The van der Waals surface area contributed by atoms with E-state index >= 15 is 0 Å². The molecule has 0 saturated carbocycles. The molecule has 1 atom stereocenters. The molecule has 152 valence electrons. The van der Waals surface area contributed by atoms with Gasteiger partial charge in [-0.15, -0.1) is 0 Å². The number of benzene rings is 2. The minimum atomic E-state index is -4.61. The van der Waals surface area contributed by atoms with Crippen LogP contribution in [-0.4, -0.2) is 35.5 Å². The zero-order valence-corrected chi connectivity index (χ0v) is 15.0. The maximum absolute atomic E-state index is 12.9. The number of fused-ring (bicyclic) bond motifs is 1. The summed E-state index contributed by atoms with van der Waals surface area (Å²) in [6.07, 6.45) is -5.94. The fourth-order valence-electron chi connectivity index (χ4n) is 2.79. The summed E-state index contributed by atoms with van der Waals surface area (Å²) in [5, 5.41) is 11.7. The van der Waals surface area contributed by atoms with E-state index in [1.54, 1.807) is 0 Å². The number of nitrogens with one attached hydrogen (secondary N) is 1. The average molecular weight is 408 g/mol. The van der Waals surface area contributed by atoms with Gasteiger partial charge in [-0.2, -0.15) is 13.2 Å². The quantitative estimate of drug-likeness (QED) is 0.762. The number of carbonyl (C=O) groups is 3. The van der Waals surface area contributed by atoms with Crippen LogP contribution in [-0.2, 0) is 20.5 Å². The van der Waals surface area contributed by atoms with E-state index in [0.29, 0.717) is 0 Å². The molecule has 2 aromatic rings. The Bertz CT molecular complexity index is 990. The van der Waals surface area contributed by atoms with Crippen LogP contribution < -0.4 is 10.2 Å². The Labute approximate surface area is 162 Å². The Hall–Kier alpha value is -3.56. The Morgan fingerprint density at radius 2 is 1.93 bits per heavy atom. The standard InChI is InChI=1S/C19H15F3N2O5/c1-10(29-18(28)11-3-2-4-13(25)7-11)17(27)24-9-16(26)23-14-8-12(19(20,21)22)5-6-15(14)24/h2-8,10,25H,9H2,1H3,(H,23,26). The number of hydrogen-bond donors (Lipinski definition) is 2. The van der Waals surface area contributed by atoms with Gasteiger partial charge in [-0.05, 0) is 43.3 Å². The molecule has 3 rings (SSSR count). The van der Waals surface area contributed by atoms with Crippen LogP contribution in [0.2, 0.25) is 0 Å². The van der Waals surface area contributed by atoms with Gasteiger partial charge in [0.2, 0.25) is 5.91 Å². The molecule has 0 saturated heterocycles. The number of phenolic OH excluding ortho intramolecular Hbond substituents is 1. The highest BCUT2D eigenvalue weighted by Gasteiger charge is 2.35. The third-order valence-electron chi connectivity index (χ3n) is 4.17. The second-order valence-corrected chi connectivity index (χ2v) is 6.30. The smallest absolute Gasteiger partial charge is 0.416 e. The number of halogens is 3. The van der Waals surface area contributed by atoms with Gasteiger partial charge in [0, 0.05) is 0 Å². The zero-order valence-electron chi connectivity index (χ0n) is 15.0. The van der Waals surface area contributed by atoms with Crippen molar-refractivity contribution in [2.75, 3.05) is 16.8 Å². The van der Waals surface area contributed by atoms with Crippen LogP contribution in [0.5, 0.6) is 5.75 Å². The highest BCUT2D eigenvalue weighted by Crippen LogP contribution is 2.37. The van der Waals surface area contributed by atoms with Gasteiger partial charge < -0.3 is 15.2 Å². The molecular weight excluding hydrogens is 393 g/mol. The highest BCUT2D eigenvalue weighted by atomic mass is 19.4. The monoisotopic (exact) mass is 408 g/mol. The van der Waals surface area contributed by atoms with Crippen molar-refractivity contribution in [2.24, 2.45) is 0 Å². The van der Waals surface area contributed by atoms with E-state index in [0.717, 1.165) is 29.2 Å². The predicted molar refractivity (Wildman–Crippen MR) is 95.4 cm³/mol. The van der Waals surface area contributed by atoms with E-state index in [1.165, 1.54) is 25.1 Å². The summed E-state index contributed by atoms with van der Waals surface area (Å²) in [5.74, 6) is -2.51. The minimum Gasteiger partial charge on any atom is -0.508 e. The summed E-state index contributed by atoms with van der Waals surface area (Å²) in [6, 6.07) is 7.89. The van der Waals surface area contributed by atoms with Gasteiger partial charge >= 0.3 is 12.1 Å². The molecule has 2 aromatic carbocycles. The first-order valence-corrected chi connectivity index (χ1v) is 8.39. The lowest BCUT2D eigenvalue weighted by Crippen LogP contribution is -2.47. The molecular formula is C19H15F3N2O5. The fraction of sp³-hybridized carbons (Fsp3) is 0.211. The molecule has 10 heteroatoms. The molecule has 1 aliphatic heterocycles. The van der Waals surface area contributed by atoms with Crippen LogP contribution in [0, 0.1) is 0 Å². The Balaban J connectivity index is 1.82. The third kappa shape index (κ3) is 4.31. The van der Waals surface area contributed by atoms with E-state index in [-0.39, 0.29) is 22.7 Å². The number of anilines is 2. The molecule has 0 bridgehead atoms. The first-order valence-electron chi connectivity index (χ1n) is 8.39. The van der Waals surface area contributed by atoms with Crippen molar-refractivity contribution in [3.8, 4) is 5.75 Å². The van der Waals surface area contributed by atoms with E-state index in [1.807, 2.05) is 0 Å². The van der Waals surface area contributed by atoms with Gasteiger partial charge in [0.1, 0.15) is 12.3 Å². The van der Waals surface area contributed by atoms with Crippen molar-refractivity contribution < 1.29 is 37.4 Å². The lowest BCUT2D eigenvalue weighted by atomic mass is 10.1. The number of rotatable bonds is 3. The number of aromatic hydroxyl groups is 1. The number of esters is 1. The second-order valence-electron chi connectivity index (χ2n) is 6.30. The van der Waals surface area contributed by atoms with Crippen LogP contribution in [0.1, 0.15) is 22.8 Å². The largest absolute Gasteiger partial charge is 0.508 e. The number of ether oxygens (including phenoxy) is 1. The second kappa shape index (κ2) is 7.46. The maximum atomic E-state index is 12.9. The molecule has 0 radical (unpaired) electrons. The zero-order chi connectivity index (χ0) is 21.3. The van der Waals surface area contributed by atoms with Gasteiger partial charge in [-0.25, -0.2) is 4.79 Å². The van der Waals surface area contributed by atoms with E-state index < -0.39 is 42.2 Å². The predicted octanol–water partition coefficient (Wildman–Crippen LogP) is 2.94. The minimum absolute atomic E-state index is 0.0104. The van der Waals surface area contributed by atoms with Gasteiger partial charge in [0.05, 0.1) is 22.5 Å². The summed E-state index contributed by atoms with van der Waals surface area (Å²) < 4.78 is 43.8. The van der Waals surface area contributed by atoms with Crippen molar-refractivity contribution in [1.82, 2.24) is 0 Å². The SMILES string of the molecule is CC(OC(=O)c1cccc(O)c1)C(=O)N1CC(=O)Nc2cc(C(F)(F)F)ccc21. The van der Waals surface area contributed by atoms with E-state index in [2.05, 4.69) is 5.32 Å². The van der Waals surface area contributed by atoms with Crippen molar-refractivity contribution in [3.63, 3.8) is 0 Å². The van der Waals surface area contributed by atoms with Gasteiger partial charge in [0.25, 0.3) is 5.91 Å². The molecule has 1 heterocycles. The van der Waals surface area contributed by atoms with Crippen LogP contribution in [0.15, 0.2) is 42.5 Å². The normalized spacial score (nSPS) is 14.6. The molecule has 2 N–H and O–H groups in total. The molecule has 2 amide bonds. The third-order valence-corrected chi connectivity index (χ3v) is 4.17. The first-order chi connectivity index (χ1) is 13.6. The molecule has 0 aliphatic carbocycles. The summed E-state index contributed by atoms with van der Waals surface area (Å²) in [6.45, 7) is 0.838. The van der Waals surface area contributed by atoms with Gasteiger partial charge in [-0.3, -0.25) is 14.5 Å². The Morgan fingerprint density at radius 3 is 2.59 bits per heavy atom. The van der Waals surface area contributed by atoms with Gasteiger partial charge in [0.15, 0.2) is 6.10 Å². The van der Waals surface area contributed by atoms with Crippen LogP contribution in [0.25, 0.3) is 0 Å². The number of amides is 2. The summed E-state index contributed by atoms with van der Waals surface area (Å²) >= 11 is 0. The average Bonchev–Trinajstić information content (AvgIpc) is 2.65. The summed E-state index contributed by atoms with van der Waals surface area (Å²) in [7, 11) is 0. The molecule has 1 aliphatic rings. The number of phenols is 1. The van der Waals surface area contributed by atoms with E-state index in [4.69, 9.17) is 4.74 Å². The number of alkyl halides is 3. The van der Waals surface area contributed by atoms with Crippen molar-refractivity contribution in [2.45, 2.75) is 19.2 Å². The van der Waals surface area contributed by atoms with E-state index in [9.17, 15) is 32.7 Å². The number of nitrogens with zero attached hydrogens (tertiary/aromatic N) is 1. The lowest BCUT2D eigenvalue weighted by Gasteiger charge is -2.31. The molecule has 0 fully saturated rings. The molecule has 0 aromatic heterocycles. The molecule has 7 nitrogen and oxygen atoms in total. The van der Waals surface area contributed by atoms with Crippen molar-refractivity contribution >= 4 is 29.2 Å². The van der Waals surface area contributed by atoms with Crippen LogP contribution >= 0.6 is 0 Å². The molecule has 0 spiro atoms.